The molecule has 2 aliphatic rings. The van der Waals surface area contributed by atoms with E-state index in [0.717, 1.165) is 0 Å². The molecule has 9 heteroatoms. The number of aromatic amines is 1. The van der Waals surface area contributed by atoms with E-state index in [4.69, 9.17) is 14.2 Å². The summed E-state index contributed by atoms with van der Waals surface area (Å²) in [5, 5.41) is 21.2. The molecule has 0 radical (unpaired) electrons. The predicted octanol–water partition coefficient (Wildman–Crippen LogP) is -0.950. The van der Waals surface area contributed by atoms with E-state index in [0.29, 0.717) is 31.6 Å². The van der Waals surface area contributed by atoms with Crippen LogP contribution in [0.15, 0.2) is 15.8 Å². The maximum Gasteiger partial charge on any atom is 0.330 e. The van der Waals surface area contributed by atoms with Crippen molar-refractivity contribution in [1.82, 2.24) is 9.55 Å². The van der Waals surface area contributed by atoms with Crippen LogP contribution >= 0.6 is 0 Å². The molecule has 1 unspecified atom stereocenters. The van der Waals surface area contributed by atoms with Crippen LogP contribution in [0.5, 0.6) is 0 Å². The first-order valence-corrected chi connectivity index (χ1v) is 8.34. The minimum atomic E-state index is -1.07. The highest BCUT2D eigenvalue weighted by Crippen LogP contribution is 2.37. The van der Waals surface area contributed by atoms with E-state index in [2.05, 4.69) is 4.98 Å². The van der Waals surface area contributed by atoms with E-state index in [1.54, 1.807) is 6.92 Å². The van der Waals surface area contributed by atoms with Crippen molar-refractivity contribution in [3.63, 3.8) is 0 Å². The Labute approximate surface area is 144 Å². The van der Waals surface area contributed by atoms with Gasteiger partial charge in [0.25, 0.3) is 5.56 Å². The summed E-state index contributed by atoms with van der Waals surface area (Å²) in [7, 11) is 1.52. The Hall–Kier alpha value is -1.52. The molecular weight excluding hydrogens is 332 g/mol. The number of aliphatic hydroxyl groups excluding tert-OH is 2. The van der Waals surface area contributed by atoms with Gasteiger partial charge in [-0.25, -0.2) is 4.79 Å². The molecule has 3 heterocycles. The number of rotatable bonds is 4. The number of H-pyrrole nitrogens is 1. The normalized spacial score (nSPS) is 30.3. The summed E-state index contributed by atoms with van der Waals surface area (Å²) >= 11 is 0. The van der Waals surface area contributed by atoms with Crippen LogP contribution < -0.4 is 11.2 Å². The molecule has 0 aromatic carbocycles. The molecule has 1 aromatic rings. The Morgan fingerprint density at radius 2 is 2.08 bits per heavy atom. The topological polar surface area (TPSA) is 123 Å². The summed E-state index contributed by atoms with van der Waals surface area (Å²) in [6.07, 6.45) is -1.21. The average molecular weight is 356 g/mol. The fraction of sp³-hybridized carbons (Fsp3) is 0.750. The van der Waals surface area contributed by atoms with E-state index >= 15 is 0 Å². The zero-order valence-electron chi connectivity index (χ0n) is 14.3. The molecule has 0 aliphatic carbocycles. The van der Waals surface area contributed by atoms with Gasteiger partial charge in [0.15, 0.2) is 0 Å². The summed E-state index contributed by atoms with van der Waals surface area (Å²) in [5.41, 5.74) is -1.57. The van der Waals surface area contributed by atoms with Gasteiger partial charge in [-0.1, -0.05) is 0 Å². The first kappa shape index (κ1) is 18.3. The van der Waals surface area contributed by atoms with Crippen LogP contribution in [0.25, 0.3) is 0 Å². The number of nitrogens with zero attached hydrogens (tertiary/aromatic N) is 1. The highest BCUT2D eigenvalue weighted by atomic mass is 16.6. The van der Waals surface area contributed by atoms with Gasteiger partial charge in [-0.05, 0) is 6.92 Å². The fourth-order valence-corrected chi connectivity index (χ4v) is 3.57. The molecule has 0 saturated carbocycles. The minimum Gasteiger partial charge on any atom is -0.390 e. The number of aliphatic hydroxyl groups is 2. The lowest BCUT2D eigenvalue weighted by atomic mass is 9.83. The van der Waals surface area contributed by atoms with Gasteiger partial charge in [-0.2, -0.15) is 0 Å². The lowest BCUT2D eigenvalue weighted by Crippen LogP contribution is -2.55. The Kier molecular flexibility index (Phi) is 5.12. The molecule has 140 valence electrons. The van der Waals surface area contributed by atoms with Crippen molar-refractivity contribution in [1.29, 1.82) is 0 Å². The zero-order valence-corrected chi connectivity index (χ0v) is 14.3. The number of hydrogen-bond acceptors (Lipinski definition) is 7. The SMILES string of the molecule is COC1(C(O)[C@H]2O[C@@H](n3cc(C)c(=O)[nH]c3=O)C[C@@H]2O)CCOCC1. The van der Waals surface area contributed by atoms with Crippen LogP contribution in [0.3, 0.4) is 0 Å². The molecule has 0 spiro atoms. The van der Waals surface area contributed by atoms with Crippen LogP contribution in [0, 0.1) is 6.92 Å². The van der Waals surface area contributed by atoms with Crippen LogP contribution in [0.4, 0.5) is 0 Å². The largest absolute Gasteiger partial charge is 0.390 e. The van der Waals surface area contributed by atoms with Gasteiger partial charge in [-0.15, -0.1) is 0 Å². The third-order valence-corrected chi connectivity index (χ3v) is 5.19. The Balaban J connectivity index is 1.83. The highest BCUT2D eigenvalue weighted by Gasteiger charge is 2.50. The van der Waals surface area contributed by atoms with Gasteiger partial charge in [0.2, 0.25) is 0 Å². The van der Waals surface area contributed by atoms with Gasteiger partial charge < -0.3 is 24.4 Å². The molecule has 2 aliphatic heterocycles. The second-order valence-electron chi connectivity index (χ2n) is 6.66. The van der Waals surface area contributed by atoms with Crippen LogP contribution in [-0.2, 0) is 14.2 Å². The number of nitrogens with one attached hydrogen (secondary N) is 1. The van der Waals surface area contributed by atoms with E-state index < -0.39 is 41.4 Å². The van der Waals surface area contributed by atoms with Crippen molar-refractivity contribution < 1.29 is 24.4 Å². The number of hydrogen-bond donors (Lipinski definition) is 3. The van der Waals surface area contributed by atoms with Crippen molar-refractivity contribution in [3.05, 3.63) is 32.6 Å². The molecule has 4 atom stereocenters. The summed E-state index contributed by atoms with van der Waals surface area (Å²) in [4.78, 5) is 25.7. The van der Waals surface area contributed by atoms with Crippen molar-refractivity contribution in [3.8, 4) is 0 Å². The standard InChI is InChI=1S/C16H24N2O7/c1-9-8-18(15(22)17-14(9)21)11-7-10(19)12(25-11)13(20)16(23-2)3-5-24-6-4-16/h8,10-13,19-20H,3-7H2,1-2H3,(H,17,21,22)/t10-,11+,12-,13?/m0/s1. The molecular formula is C16H24N2O7. The average Bonchev–Trinajstić information content (AvgIpc) is 2.99. The summed E-state index contributed by atoms with van der Waals surface area (Å²) in [6.45, 7) is 2.49. The quantitative estimate of drug-likeness (QED) is 0.635. The van der Waals surface area contributed by atoms with E-state index in [9.17, 15) is 19.8 Å². The molecule has 2 saturated heterocycles. The van der Waals surface area contributed by atoms with Gasteiger partial charge in [0, 0.05) is 51.3 Å². The lowest BCUT2D eigenvalue weighted by Gasteiger charge is -2.42. The van der Waals surface area contributed by atoms with Gasteiger partial charge in [0.05, 0.1) is 6.10 Å². The van der Waals surface area contributed by atoms with Crippen molar-refractivity contribution in [2.45, 2.75) is 56.3 Å². The van der Waals surface area contributed by atoms with Crippen molar-refractivity contribution in [2.75, 3.05) is 20.3 Å². The zero-order chi connectivity index (χ0) is 18.2. The first-order chi connectivity index (χ1) is 11.9. The molecule has 0 amide bonds. The molecule has 0 bridgehead atoms. The van der Waals surface area contributed by atoms with E-state index in [-0.39, 0.29) is 6.42 Å². The van der Waals surface area contributed by atoms with Crippen LogP contribution in [-0.4, -0.2) is 64.0 Å². The maximum atomic E-state index is 12.0. The number of methoxy groups -OCH3 is 1. The Bertz CT molecular complexity index is 722. The highest BCUT2D eigenvalue weighted by molar-refractivity contribution is 5.03. The molecule has 2 fully saturated rings. The summed E-state index contributed by atoms with van der Waals surface area (Å²) < 4.78 is 17.9. The summed E-state index contributed by atoms with van der Waals surface area (Å²) in [5.74, 6) is 0. The van der Waals surface area contributed by atoms with Crippen LogP contribution in [0.2, 0.25) is 0 Å². The van der Waals surface area contributed by atoms with Crippen molar-refractivity contribution >= 4 is 0 Å². The molecule has 3 rings (SSSR count). The Morgan fingerprint density at radius 1 is 1.40 bits per heavy atom. The minimum absolute atomic E-state index is 0.128. The predicted molar refractivity (Wildman–Crippen MR) is 86.4 cm³/mol. The molecule has 25 heavy (non-hydrogen) atoms. The van der Waals surface area contributed by atoms with Gasteiger partial charge in [-0.3, -0.25) is 14.3 Å². The first-order valence-electron chi connectivity index (χ1n) is 8.34. The number of aromatic nitrogens is 2. The van der Waals surface area contributed by atoms with Gasteiger partial charge in [0.1, 0.15) is 24.0 Å². The molecule has 1 aromatic heterocycles. The third-order valence-electron chi connectivity index (χ3n) is 5.19. The molecule has 9 nitrogen and oxygen atoms in total. The monoisotopic (exact) mass is 356 g/mol. The Morgan fingerprint density at radius 3 is 2.72 bits per heavy atom. The van der Waals surface area contributed by atoms with Crippen molar-refractivity contribution in [2.24, 2.45) is 0 Å². The lowest BCUT2D eigenvalue weighted by molar-refractivity contribution is -0.200. The molecule has 3 N–H and O–H groups in total. The smallest absolute Gasteiger partial charge is 0.330 e. The number of ether oxygens (including phenoxy) is 3. The second-order valence-corrected chi connectivity index (χ2v) is 6.66. The van der Waals surface area contributed by atoms with E-state index in [1.807, 2.05) is 0 Å². The fourth-order valence-electron chi connectivity index (χ4n) is 3.57. The van der Waals surface area contributed by atoms with E-state index in [1.165, 1.54) is 17.9 Å². The summed E-state index contributed by atoms with van der Waals surface area (Å²) in [6, 6.07) is 0. The van der Waals surface area contributed by atoms with Crippen LogP contribution in [0.1, 0.15) is 31.1 Å². The van der Waals surface area contributed by atoms with Gasteiger partial charge >= 0.3 is 5.69 Å². The second kappa shape index (κ2) is 7.00. The number of aryl methyl sites for hydroxylation is 1. The maximum absolute atomic E-state index is 12.0. The third kappa shape index (κ3) is 3.30.